The van der Waals surface area contributed by atoms with E-state index >= 15 is 0 Å². The van der Waals surface area contributed by atoms with E-state index in [0.717, 1.165) is 0 Å². The van der Waals surface area contributed by atoms with Gasteiger partial charge in [-0.1, -0.05) is 6.07 Å². The topological polar surface area (TPSA) is 95.7 Å². The van der Waals surface area contributed by atoms with Crippen LogP contribution in [0.2, 0.25) is 0 Å². The Labute approximate surface area is 125 Å². The van der Waals surface area contributed by atoms with E-state index < -0.39 is 27.2 Å². The summed E-state index contributed by atoms with van der Waals surface area (Å²) in [5.74, 6) is -1.18. The molecule has 0 fully saturated rings. The number of hydrogen-bond acceptors (Lipinski definition) is 6. The molecular formula is C14H21NO5S. The first-order valence-electron chi connectivity index (χ1n) is 6.48. The Morgan fingerprint density at radius 1 is 1.29 bits per heavy atom. The number of nitrogen functional groups attached to an aromatic ring is 1. The summed E-state index contributed by atoms with van der Waals surface area (Å²) >= 11 is 0. The van der Waals surface area contributed by atoms with Crippen LogP contribution in [0.4, 0.5) is 5.69 Å². The third-order valence-corrected chi connectivity index (χ3v) is 3.74. The fourth-order valence-corrected chi connectivity index (χ4v) is 2.41. The van der Waals surface area contributed by atoms with E-state index in [1.165, 1.54) is 0 Å². The van der Waals surface area contributed by atoms with Crippen LogP contribution >= 0.6 is 0 Å². The maximum atomic E-state index is 11.8. The van der Waals surface area contributed by atoms with Gasteiger partial charge in [-0.3, -0.25) is 4.79 Å². The lowest BCUT2D eigenvalue weighted by molar-refractivity contribution is -0.151. The average Bonchev–Trinajstić information content (AvgIpc) is 2.24. The summed E-state index contributed by atoms with van der Waals surface area (Å²) in [6, 6.07) is 6.68. The molecule has 21 heavy (non-hydrogen) atoms. The smallest absolute Gasteiger partial charge is 0.321 e. The lowest BCUT2D eigenvalue weighted by Crippen LogP contribution is -2.30. The second kappa shape index (κ2) is 6.80. The van der Waals surface area contributed by atoms with Gasteiger partial charge in [-0.15, -0.1) is 0 Å². The lowest BCUT2D eigenvalue weighted by atomic mass is 10.2. The third-order valence-electron chi connectivity index (χ3n) is 2.28. The molecule has 0 saturated heterocycles. The standard InChI is InChI=1S/C14H21NO5S/c1-14(2,3)20-13(16)10-21(17,18)8-7-19-12-6-4-5-11(15)9-12/h4-6,9H,7-8,10,15H2,1-3H3. The van der Waals surface area contributed by atoms with Gasteiger partial charge in [0.25, 0.3) is 0 Å². The van der Waals surface area contributed by atoms with Gasteiger partial charge in [0.2, 0.25) is 0 Å². The molecule has 0 heterocycles. The molecule has 6 nitrogen and oxygen atoms in total. The molecule has 1 rings (SSSR count). The quantitative estimate of drug-likeness (QED) is 0.630. The van der Waals surface area contributed by atoms with E-state index in [1.54, 1.807) is 45.0 Å². The van der Waals surface area contributed by atoms with Gasteiger partial charge in [-0.2, -0.15) is 0 Å². The highest BCUT2D eigenvalue weighted by molar-refractivity contribution is 7.92. The zero-order valence-electron chi connectivity index (χ0n) is 12.5. The van der Waals surface area contributed by atoms with Crippen LogP contribution in [0, 0.1) is 0 Å². The molecule has 0 atom stereocenters. The van der Waals surface area contributed by atoms with Gasteiger partial charge in [0.05, 0.1) is 5.75 Å². The van der Waals surface area contributed by atoms with Crippen LogP contribution in [0.15, 0.2) is 24.3 Å². The number of sulfone groups is 1. The summed E-state index contributed by atoms with van der Waals surface area (Å²) in [4.78, 5) is 11.5. The molecule has 0 radical (unpaired) electrons. The van der Waals surface area contributed by atoms with Crippen LogP contribution in [0.5, 0.6) is 5.75 Å². The summed E-state index contributed by atoms with van der Waals surface area (Å²) in [5.41, 5.74) is 5.41. The van der Waals surface area contributed by atoms with Crippen molar-refractivity contribution in [3.63, 3.8) is 0 Å². The zero-order chi connectivity index (χ0) is 16.1. The second-order valence-corrected chi connectivity index (χ2v) is 7.78. The maximum absolute atomic E-state index is 11.8. The van der Waals surface area contributed by atoms with Crippen molar-refractivity contribution in [2.75, 3.05) is 23.8 Å². The summed E-state index contributed by atoms with van der Waals surface area (Å²) in [7, 11) is -3.56. The molecule has 0 amide bonds. The van der Waals surface area contributed by atoms with Crippen LogP contribution in [-0.4, -0.2) is 38.1 Å². The van der Waals surface area contributed by atoms with Crippen molar-refractivity contribution < 1.29 is 22.7 Å². The molecule has 7 heteroatoms. The molecule has 1 aromatic rings. The van der Waals surface area contributed by atoms with Gasteiger partial charge in [-0.05, 0) is 32.9 Å². The Bertz CT molecular complexity index is 590. The number of carbonyl (C=O) groups is 1. The van der Waals surface area contributed by atoms with Gasteiger partial charge in [0.15, 0.2) is 9.84 Å². The maximum Gasteiger partial charge on any atom is 0.321 e. The average molecular weight is 315 g/mol. The fourth-order valence-electron chi connectivity index (χ4n) is 1.51. The monoisotopic (exact) mass is 315 g/mol. The number of anilines is 1. The Morgan fingerprint density at radius 3 is 2.52 bits per heavy atom. The zero-order valence-corrected chi connectivity index (χ0v) is 13.3. The molecule has 2 N–H and O–H groups in total. The van der Waals surface area contributed by atoms with E-state index in [-0.39, 0.29) is 12.4 Å². The molecule has 1 aromatic carbocycles. The minimum atomic E-state index is -3.56. The highest BCUT2D eigenvalue weighted by Gasteiger charge is 2.22. The van der Waals surface area contributed by atoms with E-state index in [0.29, 0.717) is 11.4 Å². The fraction of sp³-hybridized carbons (Fsp3) is 0.500. The van der Waals surface area contributed by atoms with Gasteiger partial charge in [0, 0.05) is 11.8 Å². The van der Waals surface area contributed by atoms with Crippen molar-refractivity contribution in [3.8, 4) is 5.75 Å². The van der Waals surface area contributed by atoms with Gasteiger partial charge in [0.1, 0.15) is 23.7 Å². The Hall–Kier alpha value is -1.76. The van der Waals surface area contributed by atoms with E-state index in [1.807, 2.05) is 0 Å². The van der Waals surface area contributed by atoms with Crippen LogP contribution in [0.1, 0.15) is 20.8 Å². The largest absolute Gasteiger partial charge is 0.492 e. The lowest BCUT2D eigenvalue weighted by Gasteiger charge is -2.19. The summed E-state index contributed by atoms with van der Waals surface area (Å²) in [5, 5.41) is 0. The molecule has 118 valence electrons. The first kappa shape index (κ1) is 17.3. The van der Waals surface area contributed by atoms with Crippen molar-refractivity contribution in [3.05, 3.63) is 24.3 Å². The Balaban J connectivity index is 2.45. The van der Waals surface area contributed by atoms with E-state index in [4.69, 9.17) is 15.2 Å². The first-order valence-corrected chi connectivity index (χ1v) is 8.30. The molecule has 0 spiro atoms. The first-order chi connectivity index (χ1) is 9.57. The van der Waals surface area contributed by atoms with Crippen LogP contribution in [-0.2, 0) is 19.4 Å². The minimum absolute atomic E-state index is 0.0470. The number of rotatable bonds is 6. The molecule has 0 bridgehead atoms. The van der Waals surface area contributed by atoms with Gasteiger partial charge < -0.3 is 15.2 Å². The molecule has 0 unspecified atom stereocenters. The van der Waals surface area contributed by atoms with Crippen molar-refractivity contribution in [2.45, 2.75) is 26.4 Å². The number of benzene rings is 1. The highest BCUT2D eigenvalue weighted by Crippen LogP contribution is 2.14. The van der Waals surface area contributed by atoms with Gasteiger partial charge in [-0.25, -0.2) is 8.42 Å². The number of esters is 1. The van der Waals surface area contributed by atoms with Crippen LogP contribution in [0.3, 0.4) is 0 Å². The Morgan fingerprint density at radius 2 is 1.95 bits per heavy atom. The van der Waals surface area contributed by atoms with Crippen LogP contribution < -0.4 is 10.5 Å². The number of hydrogen-bond donors (Lipinski definition) is 1. The van der Waals surface area contributed by atoms with Crippen molar-refractivity contribution in [2.24, 2.45) is 0 Å². The number of ether oxygens (including phenoxy) is 2. The molecule has 0 aliphatic carbocycles. The molecule has 0 saturated carbocycles. The van der Waals surface area contributed by atoms with Crippen molar-refractivity contribution >= 4 is 21.5 Å². The van der Waals surface area contributed by atoms with E-state index in [9.17, 15) is 13.2 Å². The molecule has 0 aromatic heterocycles. The molecule has 0 aliphatic heterocycles. The Kier molecular flexibility index (Phi) is 5.60. The van der Waals surface area contributed by atoms with Crippen molar-refractivity contribution in [1.82, 2.24) is 0 Å². The SMILES string of the molecule is CC(C)(C)OC(=O)CS(=O)(=O)CCOc1cccc(N)c1. The summed E-state index contributed by atoms with van der Waals surface area (Å²) in [6.45, 7) is 5.00. The number of carbonyl (C=O) groups excluding carboxylic acids is 1. The molecule has 0 aliphatic rings. The third kappa shape index (κ3) is 7.55. The normalized spacial score (nSPS) is 12.0. The summed E-state index contributed by atoms with van der Waals surface area (Å²) in [6.07, 6.45) is 0. The minimum Gasteiger partial charge on any atom is -0.492 e. The van der Waals surface area contributed by atoms with E-state index in [2.05, 4.69) is 0 Å². The second-order valence-electron chi connectivity index (χ2n) is 5.60. The molecular weight excluding hydrogens is 294 g/mol. The summed E-state index contributed by atoms with van der Waals surface area (Å²) < 4.78 is 33.8. The van der Waals surface area contributed by atoms with Crippen LogP contribution in [0.25, 0.3) is 0 Å². The van der Waals surface area contributed by atoms with Crippen molar-refractivity contribution in [1.29, 1.82) is 0 Å². The highest BCUT2D eigenvalue weighted by atomic mass is 32.2. The predicted octanol–water partition coefficient (Wildman–Crippen LogP) is 1.40. The number of nitrogens with two attached hydrogens (primary N) is 1. The van der Waals surface area contributed by atoms with Gasteiger partial charge >= 0.3 is 5.97 Å². The predicted molar refractivity (Wildman–Crippen MR) is 80.8 cm³/mol.